The lowest BCUT2D eigenvalue weighted by Crippen LogP contribution is -2.44. The van der Waals surface area contributed by atoms with Crippen LogP contribution in [-0.2, 0) is 11.3 Å². The Morgan fingerprint density at radius 1 is 1.18 bits per heavy atom. The molecule has 2 aliphatic heterocycles. The van der Waals surface area contributed by atoms with Gasteiger partial charge in [0.15, 0.2) is 0 Å². The maximum Gasteiger partial charge on any atom is 0.317 e. The summed E-state index contributed by atoms with van der Waals surface area (Å²) in [4.78, 5) is 24.7. The average Bonchev–Trinajstić information content (AvgIpc) is 3.28. The van der Waals surface area contributed by atoms with Crippen molar-refractivity contribution in [2.45, 2.75) is 32.9 Å². The minimum absolute atomic E-state index is 0.00476. The van der Waals surface area contributed by atoms with Crippen molar-refractivity contribution in [3.8, 4) is 11.1 Å². The number of carbonyl (C=O) groups excluding carboxylic acids is 1. The van der Waals surface area contributed by atoms with Gasteiger partial charge in [0, 0.05) is 67.7 Å². The van der Waals surface area contributed by atoms with Gasteiger partial charge in [0.1, 0.15) is 5.65 Å². The number of pyridine rings is 1. The molecule has 0 saturated carbocycles. The van der Waals surface area contributed by atoms with E-state index in [-0.39, 0.29) is 12.1 Å². The third-order valence-corrected chi connectivity index (χ3v) is 6.56. The standard InChI is InChI=1S/C27H33N5O2/c1-19(2)30-27(33)32-8-6-21(7-9-32)25-17-29-26-24(25)15-23(16-28-26)22-5-3-4-20(14-22)18-31-10-12-34-13-11-31/h3-6,14-17,19H,7-13,18H2,1-2H3,(H,28,29)(H,30,33). The topological polar surface area (TPSA) is 73.5 Å². The van der Waals surface area contributed by atoms with E-state index in [1.165, 1.54) is 22.3 Å². The van der Waals surface area contributed by atoms with Gasteiger partial charge in [0.2, 0.25) is 0 Å². The van der Waals surface area contributed by atoms with E-state index in [0.29, 0.717) is 13.1 Å². The number of fused-ring (bicyclic) bond motifs is 1. The Labute approximate surface area is 200 Å². The van der Waals surface area contributed by atoms with Crippen LogP contribution in [0.25, 0.3) is 27.7 Å². The quantitative estimate of drug-likeness (QED) is 0.598. The van der Waals surface area contributed by atoms with Gasteiger partial charge in [-0.2, -0.15) is 0 Å². The second-order valence-corrected chi connectivity index (χ2v) is 9.44. The monoisotopic (exact) mass is 459 g/mol. The number of hydrogen-bond acceptors (Lipinski definition) is 4. The van der Waals surface area contributed by atoms with Crippen molar-refractivity contribution in [1.29, 1.82) is 0 Å². The minimum Gasteiger partial charge on any atom is -0.379 e. The molecule has 4 heterocycles. The number of urea groups is 1. The molecule has 0 bridgehead atoms. The Kier molecular flexibility index (Phi) is 6.65. The summed E-state index contributed by atoms with van der Waals surface area (Å²) < 4.78 is 5.48. The van der Waals surface area contributed by atoms with Gasteiger partial charge < -0.3 is 19.9 Å². The molecule has 3 aromatic rings. The van der Waals surface area contributed by atoms with E-state index in [2.05, 4.69) is 51.6 Å². The van der Waals surface area contributed by atoms with Gasteiger partial charge in [-0.05, 0) is 49.1 Å². The molecule has 0 unspecified atom stereocenters. The predicted octanol–water partition coefficient (Wildman–Crippen LogP) is 4.27. The summed E-state index contributed by atoms with van der Waals surface area (Å²) in [5.74, 6) is 0. The molecule has 7 heteroatoms. The molecule has 1 saturated heterocycles. The van der Waals surface area contributed by atoms with Gasteiger partial charge in [0.25, 0.3) is 0 Å². The van der Waals surface area contributed by atoms with Gasteiger partial charge in [-0.1, -0.05) is 24.3 Å². The Balaban J connectivity index is 1.36. The largest absolute Gasteiger partial charge is 0.379 e. The average molecular weight is 460 g/mol. The second kappa shape index (κ2) is 9.99. The van der Waals surface area contributed by atoms with E-state index in [4.69, 9.17) is 9.72 Å². The number of ether oxygens (including phenoxy) is 1. The van der Waals surface area contributed by atoms with Gasteiger partial charge in [-0.25, -0.2) is 9.78 Å². The molecule has 0 atom stereocenters. The first kappa shape index (κ1) is 22.6. The molecule has 0 spiro atoms. The van der Waals surface area contributed by atoms with Gasteiger partial charge >= 0.3 is 6.03 Å². The summed E-state index contributed by atoms with van der Waals surface area (Å²) >= 11 is 0. The molecule has 178 valence electrons. The number of rotatable bonds is 5. The van der Waals surface area contributed by atoms with Gasteiger partial charge in [-0.3, -0.25) is 4.90 Å². The highest BCUT2D eigenvalue weighted by molar-refractivity contribution is 5.93. The van der Waals surface area contributed by atoms with E-state index in [1.54, 1.807) is 0 Å². The Morgan fingerprint density at radius 2 is 2.03 bits per heavy atom. The lowest BCUT2D eigenvalue weighted by molar-refractivity contribution is 0.0342. The normalized spacial score (nSPS) is 17.3. The van der Waals surface area contributed by atoms with Crippen LogP contribution < -0.4 is 5.32 Å². The van der Waals surface area contributed by atoms with E-state index in [1.807, 2.05) is 31.1 Å². The molecular formula is C27H33N5O2. The summed E-state index contributed by atoms with van der Waals surface area (Å²) in [6, 6.07) is 11.1. The summed E-state index contributed by atoms with van der Waals surface area (Å²) in [5.41, 5.74) is 6.94. The van der Waals surface area contributed by atoms with Crippen molar-refractivity contribution < 1.29 is 9.53 Å². The highest BCUT2D eigenvalue weighted by Crippen LogP contribution is 2.31. The Bertz CT molecular complexity index is 1190. The van der Waals surface area contributed by atoms with Crippen molar-refractivity contribution in [3.63, 3.8) is 0 Å². The molecule has 5 rings (SSSR count). The number of amides is 2. The Hall–Kier alpha value is -3.16. The maximum absolute atomic E-state index is 12.3. The fourth-order valence-corrected chi connectivity index (χ4v) is 4.73. The van der Waals surface area contributed by atoms with Crippen LogP contribution in [0.15, 0.2) is 48.8 Å². The highest BCUT2D eigenvalue weighted by Gasteiger charge is 2.20. The van der Waals surface area contributed by atoms with Crippen LogP contribution in [0.5, 0.6) is 0 Å². The fourth-order valence-electron chi connectivity index (χ4n) is 4.73. The predicted molar refractivity (Wildman–Crippen MR) is 135 cm³/mol. The van der Waals surface area contributed by atoms with Crippen LogP contribution in [0.2, 0.25) is 0 Å². The zero-order valence-corrected chi connectivity index (χ0v) is 20.0. The van der Waals surface area contributed by atoms with Crippen LogP contribution in [-0.4, -0.2) is 71.2 Å². The molecule has 1 aromatic carbocycles. The number of carbonyl (C=O) groups is 1. The van der Waals surface area contributed by atoms with Crippen molar-refractivity contribution in [1.82, 2.24) is 25.1 Å². The number of aromatic nitrogens is 2. The van der Waals surface area contributed by atoms with Crippen LogP contribution in [0, 0.1) is 0 Å². The number of nitrogens with zero attached hydrogens (tertiary/aromatic N) is 3. The molecule has 0 radical (unpaired) electrons. The summed E-state index contributed by atoms with van der Waals surface area (Å²) in [7, 11) is 0. The van der Waals surface area contributed by atoms with Gasteiger partial charge in [-0.15, -0.1) is 0 Å². The van der Waals surface area contributed by atoms with E-state index in [0.717, 1.165) is 55.9 Å². The summed E-state index contributed by atoms with van der Waals surface area (Å²) in [6.07, 6.45) is 7.00. The molecule has 1 fully saturated rings. The number of hydrogen-bond donors (Lipinski definition) is 2. The third-order valence-electron chi connectivity index (χ3n) is 6.56. The summed E-state index contributed by atoms with van der Waals surface area (Å²) in [5, 5.41) is 4.11. The number of aromatic amines is 1. The lowest BCUT2D eigenvalue weighted by atomic mass is 9.97. The van der Waals surface area contributed by atoms with Gasteiger partial charge in [0.05, 0.1) is 13.2 Å². The highest BCUT2D eigenvalue weighted by atomic mass is 16.5. The molecule has 0 aliphatic carbocycles. The minimum atomic E-state index is 0.00476. The van der Waals surface area contributed by atoms with Crippen molar-refractivity contribution in [2.75, 3.05) is 39.4 Å². The first-order valence-corrected chi connectivity index (χ1v) is 12.2. The summed E-state index contributed by atoms with van der Waals surface area (Å²) in [6.45, 7) is 9.84. The molecule has 2 aliphatic rings. The first-order valence-electron chi connectivity index (χ1n) is 12.2. The smallest absolute Gasteiger partial charge is 0.317 e. The SMILES string of the molecule is CC(C)NC(=O)N1CC=C(c2c[nH]c3ncc(-c4cccc(CN5CCOCC5)c4)cc23)CC1. The van der Waals surface area contributed by atoms with Crippen LogP contribution in [0.3, 0.4) is 0 Å². The molecule has 2 N–H and O–H groups in total. The molecule has 2 aromatic heterocycles. The number of benzene rings is 1. The number of morpholine rings is 1. The molecule has 7 nitrogen and oxygen atoms in total. The molecular weight excluding hydrogens is 426 g/mol. The van der Waals surface area contributed by atoms with Crippen molar-refractivity contribution in [3.05, 3.63) is 59.9 Å². The van der Waals surface area contributed by atoms with E-state index < -0.39 is 0 Å². The van der Waals surface area contributed by atoms with E-state index >= 15 is 0 Å². The van der Waals surface area contributed by atoms with Crippen LogP contribution in [0.1, 0.15) is 31.4 Å². The Morgan fingerprint density at radius 3 is 2.79 bits per heavy atom. The molecule has 2 amide bonds. The zero-order valence-electron chi connectivity index (χ0n) is 20.0. The number of nitrogens with one attached hydrogen (secondary N) is 2. The maximum atomic E-state index is 12.3. The van der Waals surface area contributed by atoms with Crippen molar-refractivity contribution in [2.24, 2.45) is 0 Å². The van der Waals surface area contributed by atoms with Crippen LogP contribution in [0.4, 0.5) is 4.79 Å². The van der Waals surface area contributed by atoms with Crippen molar-refractivity contribution >= 4 is 22.6 Å². The van der Waals surface area contributed by atoms with E-state index in [9.17, 15) is 4.79 Å². The third kappa shape index (κ3) is 5.00. The molecule has 34 heavy (non-hydrogen) atoms. The zero-order chi connectivity index (χ0) is 23.5. The lowest BCUT2D eigenvalue weighted by Gasteiger charge is -2.27. The number of H-pyrrole nitrogens is 1. The van der Waals surface area contributed by atoms with Crippen LogP contribution >= 0.6 is 0 Å². The second-order valence-electron chi connectivity index (χ2n) is 9.44. The fraction of sp³-hybridized carbons (Fsp3) is 0.407. The first-order chi connectivity index (χ1) is 16.6.